The number of nitrogens with two attached hydrogens (primary N) is 1. The molecule has 0 saturated heterocycles. The molecule has 0 aromatic heterocycles. The minimum Gasteiger partial charge on any atom is -0.481 e. The number of carbonyl (C=O) groups is 1. The van der Waals surface area contributed by atoms with Gasteiger partial charge in [0.2, 0.25) is 0 Å². The largest absolute Gasteiger partial charge is 0.481 e. The molecule has 30 heavy (non-hydrogen) atoms. The van der Waals surface area contributed by atoms with Gasteiger partial charge in [-0.05, 0) is 49.6 Å². The van der Waals surface area contributed by atoms with Crippen LogP contribution in [-0.2, 0) is 4.79 Å². The number of nitrogens with one attached hydrogen (secondary N) is 1. The Labute approximate surface area is 188 Å². The lowest BCUT2D eigenvalue weighted by molar-refractivity contribution is -0.139. The number of aliphatic hydroxyl groups is 1. The van der Waals surface area contributed by atoms with E-state index < -0.39 is 18.0 Å². The first kappa shape index (κ1) is 24.5. The molecule has 0 radical (unpaired) electrons. The van der Waals surface area contributed by atoms with Crippen LogP contribution in [-0.4, -0.2) is 29.3 Å². The molecule has 164 valence electrons. The van der Waals surface area contributed by atoms with Crippen LogP contribution in [0.15, 0.2) is 36.4 Å². The Morgan fingerprint density at radius 3 is 2.37 bits per heavy atom. The van der Waals surface area contributed by atoms with Crippen molar-refractivity contribution in [1.29, 1.82) is 0 Å². The summed E-state index contributed by atoms with van der Waals surface area (Å²) >= 11 is 12.0. The van der Waals surface area contributed by atoms with Gasteiger partial charge in [0, 0.05) is 6.54 Å². The lowest BCUT2D eigenvalue weighted by atomic mass is 9.92. The molecule has 2 unspecified atom stereocenters. The molecule has 0 fully saturated rings. The quantitative estimate of drug-likeness (QED) is 0.258. The number of nitrogen functional groups attached to an aromatic ring is 1. The summed E-state index contributed by atoms with van der Waals surface area (Å²) in [6, 6.07) is 11.0. The first-order valence-corrected chi connectivity index (χ1v) is 11.0. The second-order valence-electron chi connectivity index (χ2n) is 7.63. The highest BCUT2D eigenvalue weighted by Crippen LogP contribution is 2.31. The molecule has 5 nitrogen and oxygen atoms in total. The van der Waals surface area contributed by atoms with Crippen LogP contribution in [0, 0.1) is 6.92 Å². The van der Waals surface area contributed by atoms with E-state index in [-0.39, 0.29) is 0 Å². The third-order valence-electron chi connectivity index (χ3n) is 5.16. The van der Waals surface area contributed by atoms with Crippen LogP contribution in [0.2, 0.25) is 10.0 Å². The Kier molecular flexibility index (Phi) is 9.92. The monoisotopic (exact) mass is 452 g/mol. The van der Waals surface area contributed by atoms with Gasteiger partial charge < -0.3 is 21.3 Å². The van der Waals surface area contributed by atoms with Gasteiger partial charge in [-0.1, -0.05) is 72.3 Å². The number of aryl methyl sites for hydroxylation is 1. The van der Waals surface area contributed by atoms with E-state index in [1.807, 2.05) is 31.2 Å². The predicted octanol–water partition coefficient (Wildman–Crippen LogP) is 5.33. The van der Waals surface area contributed by atoms with Gasteiger partial charge in [-0.15, -0.1) is 0 Å². The van der Waals surface area contributed by atoms with Gasteiger partial charge >= 0.3 is 5.97 Å². The zero-order valence-corrected chi connectivity index (χ0v) is 18.7. The number of aliphatic carboxylic acids is 1. The van der Waals surface area contributed by atoms with Crippen LogP contribution in [0.1, 0.15) is 60.8 Å². The summed E-state index contributed by atoms with van der Waals surface area (Å²) in [6.07, 6.45) is 3.73. The number of rotatable bonds is 12. The first-order chi connectivity index (χ1) is 14.3. The number of halogens is 2. The smallest absolute Gasteiger partial charge is 0.310 e. The van der Waals surface area contributed by atoms with Crippen LogP contribution >= 0.6 is 23.2 Å². The lowest BCUT2D eigenvalue weighted by Gasteiger charge is -2.14. The van der Waals surface area contributed by atoms with E-state index in [0.29, 0.717) is 34.3 Å². The highest BCUT2D eigenvalue weighted by Gasteiger charge is 2.19. The van der Waals surface area contributed by atoms with Crippen LogP contribution in [0.5, 0.6) is 0 Å². The van der Waals surface area contributed by atoms with Crippen molar-refractivity contribution in [2.24, 2.45) is 0 Å². The van der Waals surface area contributed by atoms with Crippen LogP contribution in [0.4, 0.5) is 5.69 Å². The predicted molar refractivity (Wildman–Crippen MR) is 123 cm³/mol. The number of anilines is 1. The zero-order chi connectivity index (χ0) is 22.1. The standard InChI is InChI=1S/C23H30Cl2N2O3/c1-15-7-6-8-16(11-15)18(23(29)30)9-4-2-3-5-10-27-14-21(28)17-12-19(24)22(26)20(25)13-17/h6-8,11-13,18,21,27-28H,2-5,9-10,14,26H2,1H3,(H,29,30). The van der Waals surface area contributed by atoms with Crippen molar-refractivity contribution in [3.63, 3.8) is 0 Å². The van der Waals surface area contributed by atoms with E-state index in [2.05, 4.69) is 5.32 Å². The Hall–Kier alpha value is -1.79. The number of hydrogen-bond acceptors (Lipinski definition) is 4. The van der Waals surface area contributed by atoms with Crippen molar-refractivity contribution in [2.45, 2.75) is 51.0 Å². The van der Waals surface area contributed by atoms with Crippen LogP contribution in [0.25, 0.3) is 0 Å². The molecule has 0 amide bonds. The topological polar surface area (TPSA) is 95.6 Å². The summed E-state index contributed by atoms with van der Waals surface area (Å²) in [5, 5.41) is 23.7. The second kappa shape index (κ2) is 12.2. The van der Waals surface area contributed by atoms with Gasteiger partial charge in [0.1, 0.15) is 0 Å². The Morgan fingerprint density at radius 1 is 1.07 bits per heavy atom. The number of unbranched alkanes of at least 4 members (excludes halogenated alkanes) is 3. The van der Waals surface area contributed by atoms with Crippen LogP contribution in [0.3, 0.4) is 0 Å². The van der Waals surface area contributed by atoms with Gasteiger partial charge in [-0.3, -0.25) is 4.79 Å². The van der Waals surface area contributed by atoms with Crippen molar-refractivity contribution >= 4 is 34.9 Å². The molecule has 0 aliphatic heterocycles. The normalized spacial score (nSPS) is 13.2. The number of carboxylic acids is 1. The lowest BCUT2D eigenvalue weighted by Crippen LogP contribution is -2.22. The minimum atomic E-state index is -0.765. The minimum absolute atomic E-state index is 0.315. The number of aliphatic hydroxyl groups excluding tert-OH is 1. The number of carboxylic acid groups (broad SMARTS) is 1. The molecule has 2 rings (SSSR count). The summed E-state index contributed by atoms with van der Waals surface area (Å²) < 4.78 is 0. The molecule has 0 spiro atoms. The number of hydrogen-bond donors (Lipinski definition) is 4. The average Bonchev–Trinajstić information content (AvgIpc) is 2.70. The summed E-state index contributed by atoms with van der Waals surface area (Å²) in [5.41, 5.74) is 8.61. The fourth-order valence-electron chi connectivity index (χ4n) is 3.42. The van der Waals surface area contributed by atoms with E-state index >= 15 is 0 Å². The molecule has 2 atom stereocenters. The van der Waals surface area contributed by atoms with E-state index in [1.54, 1.807) is 12.1 Å². The number of benzene rings is 2. The molecule has 0 saturated carbocycles. The molecule has 0 bridgehead atoms. The molecule has 2 aromatic rings. The fraction of sp³-hybridized carbons (Fsp3) is 0.435. The summed E-state index contributed by atoms with van der Waals surface area (Å²) in [7, 11) is 0. The average molecular weight is 453 g/mol. The Balaban J connectivity index is 1.64. The molecule has 0 aliphatic carbocycles. The molecule has 2 aromatic carbocycles. The summed E-state index contributed by atoms with van der Waals surface area (Å²) in [6.45, 7) is 3.14. The van der Waals surface area contributed by atoms with Crippen molar-refractivity contribution < 1.29 is 15.0 Å². The van der Waals surface area contributed by atoms with Crippen molar-refractivity contribution in [3.05, 3.63) is 63.1 Å². The van der Waals surface area contributed by atoms with Crippen molar-refractivity contribution in [3.8, 4) is 0 Å². The maximum atomic E-state index is 11.6. The fourth-order valence-corrected chi connectivity index (χ4v) is 3.93. The third-order valence-corrected chi connectivity index (χ3v) is 5.79. The maximum absolute atomic E-state index is 11.6. The molecular weight excluding hydrogens is 423 g/mol. The SMILES string of the molecule is Cc1cccc(C(CCCCCCNCC(O)c2cc(Cl)c(N)c(Cl)c2)C(=O)O)c1. The van der Waals surface area contributed by atoms with Gasteiger partial charge in [0.25, 0.3) is 0 Å². The van der Waals surface area contributed by atoms with E-state index in [0.717, 1.165) is 43.4 Å². The molecule has 0 aliphatic rings. The Bertz CT molecular complexity index is 822. The molecule has 5 N–H and O–H groups in total. The van der Waals surface area contributed by atoms with Crippen molar-refractivity contribution in [1.82, 2.24) is 5.32 Å². The zero-order valence-electron chi connectivity index (χ0n) is 17.2. The molecule has 0 heterocycles. The highest BCUT2D eigenvalue weighted by atomic mass is 35.5. The molecule has 7 heteroatoms. The van der Waals surface area contributed by atoms with Gasteiger partial charge in [0.15, 0.2) is 0 Å². The summed E-state index contributed by atoms with van der Waals surface area (Å²) in [4.78, 5) is 11.6. The highest BCUT2D eigenvalue weighted by molar-refractivity contribution is 6.38. The van der Waals surface area contributed by atoms with E-state index in [1.165, 1.54) is 0 Å². The first-order valence-electron chi connectivity index (χ1n) is 10.2. The van der Waals surface area contributed by atoms with Gasteiger partial charge in [-0.2, -0.15) is 0 Å². The van der Waals surface area contributed by atoms with E-state index in [4.69, 9.17) is 28.9 Å². The van der Waals surface area contributed by atoms with E-state index in [9.17, 15) is 15.0 Å². The van der Waals surface area contributed by atoms with Crippen molar-refractivity contribution in [2.75, 3.05) is 18.8 Å². The van der Waals surface area contributed by atoms with Gasteiger partial charge in [0.05, 0.1) is 27.8 Å². The molecular formula is C23H30Cl2N2O3. The van der Waals surface area contributed by atoms with Gasteiger partial charge in [-0.25, -0.2) is 0 Å². The Morgan fingerprint density at radius 2 is 1.73 bits per heavy atom. The third kappa shape index (κ3) is 7.47. The second-order valence-corrected chi connectivity index (χ2v) is 8.44. The summed E-state index contributed by atoms with van der Waals surface area (Å²) in [5.74, 6) is -1.21. The van der Waals surface area contributed by atoms with Crippen LogP contribution < -0.4 is 11.1 Å². The maximum Gasteiger partial charge on any atom is 0.310 e.